The van der Waals surface area contributed by atoms with Gasteiger partial charge in [0.25, 0.3) is 0 Å². The lowest BCUT2D eigenvalue weighted by atomic mass is 10.1. The molecule has 1 heterocycles. The fraction of sp³-hybridized carbons (Fsp3) is 0.625. The number of benzene rings is 1. The fourth-order valence-corrected chi connectivity index (χ4v) is 3.04. The van der Waals surface area contributed by atoms with Gasteiger partial charge in [0, 0.05) is 3.57 Å². The van der Waals surface area contributed by atoms with Crippen molar-refractivity contribution in [2.45, 2.75) is 38.5 Å². The Hall–Kier alpha value is -0.290. The molecule has 1 aliphatic heterocycles. The van der Waals surface area contributed by atoms with Crippen LogP contribution in [-0.4, -0.2) is 26.2 Å². The maximum atomic E-state index is 5.74. The van der Waals surface area contributed by atoms with Crippen LogP contribution in [0, 0.1) is 3.57 Å². The predicted octanol–water partition coefficient (Wildman–Crippen LogP) is 2.91. The monoisotopic (exact) mass is 374 g/mol. The third kappa shape index (κ3) is 6.13. The Balaban J connectivity index is 1.49. The fourth-order valence-electron chi connectivity index (χ4n) is 2.68. The van der Waals surface area contributed by atoms with Crippen LogP contribution in [0.3, 0.4) is 0 Å². The molecule has 0 aromatic heterocycles. The molecule has 19 heavy (non-hydrogen) atoms. The second-order valence-corrected chi connectivity index (χ2v) is 6.67. The van der Waals surface area contributed by atoms with E-state index in [4.69, 9.17) is 4.74 Å². The van der Waals surface area contributed by atoms with Gasteiger partial charge in [-0.1, -0.05) is 0 Å². The first-order chi connectivity index (χ1) is 9.34. The topological polar surface area (TPSA) is 13.7 Å². The van der Waals surface area contributed by atoms with Crippen molar-refractivity contribution in [2.24, 2.45) is 0 Å². The molecule has 0 aliphatic carbocycles. The summed E-state index contributed by atoms with van der Waals surface area (Å²) in [6, 6.07) is 8.30. The molecule has 1 aromatic carbocycles. The maximum absolute atomic E-state index is 5.74. The van der Waals surface area contributed by atoms with Crippen molar-refractivity contribution in [3.8, 4) is 5.75 Å². The molecule has 0 saturated carbocycles. The Morgan fingerprint density at radius 3 is 2.42 bits per heavy atom. The van der Waals surface area contributed by atoms with Gasteiger partial charge in [0.15, 0.2) is 0 Å². The van der Waals surface area contributed by atoms with Gasteiger partial charge < -0.3 is 9.64 Å². The van der Waals surface area contributed by atoms with Crippen molar-refractivity contribution in [2.75, 3.05) is 26.2 Å². The van der Waals surface area contributed by atoms with Crippen molar-refractivity contribution in [3.63, 3.8) is 0 Å². The summed E-state index contributed by atoms with van der Waals surface area (Å²) in [5.41, 5.74) is 0. The van der Waals surface area contributed by atoms with Crippen LogP contribution in [0.5, 0.6) is 5.75 Å². The summed E-state index contributed by atoms with van der Waals surface area (Å²) in [6.45, 7) is 5.03. The minimum Gasteiger partial charge on any atom is -0.494 e. The van der Waals surface area contributed by atoms with E-state index in [2.05, 4.69) is 46.9 Å². The number of likely N-dealkylation sites (tertiary alicyclic amines) is 1. The van der Waals surface area contributed by atoms with E-state index in [0.29, 0.717) is 0 Å². The molecule has 0 bridgehead atoms. The first-order valence-electron chi connectivity index (χ1n) is 7.56. The minimum atomic E-state index is 0.857. The van der Waals surface area contributed by atoms with Gasteiger partial charge in [0.1, 0.15) is 5.75 Å². The Morgan fingerprint density at radius 1 is 0.947 bits per heavy atom. The van der Waals surface area contributed by atoms with Crippen molar-refractivity contribution in [3.05, 3.63) is 27.8 Å². The number of piperidine rings is 1. The van der Waals surface area contributed by atoms with Gasteiger partial charge in [0.05, 0.1) is 26.2 Å². The van der Waals surface area contributed by atoms with Crippen LogP contribution in [0.4, 0.5) is 0 Å². The smallest absolute Gasteiger partial charge is 0.119 e. The van der Waals surface area contributed by atoms with Gasteiger partial charge in [-0.15, -0.1) is 0 Å². The summed E-state index contributed by atoms with van der Waals surface area (Å²) >= 11 is 2.32. The van der Waals surface area contributed by atoms with Crippen LogP contribution in [0.25, 0.3) is 0 Å². The molecular weight excluding hydrogens is 349 g/mol. The Morgan fingerprint density at radius 2 is 1.68 bits per heavy atom. The second kappa shape index (κ2) is 8.80. The number of quaternary nitrogens is 1. The predicted molar refractivity (Wildman–Crippen MR) is 87.9 cm³/mol. The van der Waals surface area contributed by atoms with E-state index >= 15 is 0 Å². The molecule has 0 atom stereocenters. The van der Waals surface area contributed by atoms with Crippen molar-refractivity contribution < 1.29 is 9.64 Å². The van der Waals surface area contributed by atoms with E-state index in [1.807, 2.05) is 4.90 Å². The molecule has 1 aliphatic rings. The first kappa shape index (κ1) is 15.1. The van der Waals surface area contributed by atoms with Gasteiger partial charge in [-0.25, -0.2) is 0 Å². The average Bonchev–Trinajstić information content (AvgIpc) is 2.46. The lowest BCUT2D eigenvalue weighted by Gasteiger charge is -2.23. The Kier molecular flexibility index (Phi) is 6.99. The van der Waals surface area contributed by atoms with E-state index in [9.17, 15) is 0 Å². The number of ether oxygens (including phenoxy) is 1. The van der Waals surface area contributed by atoms with Gasteiger partial charge in [-0.05, 0) is 85.4 Å². The molecule has 1 saturated heterocycles. The highest BCUT2D eigenvalue weighted by Crippen LogP contribution is 2.13. The maximum Gasteiger partial charge on any atom is 0.119 e. The number of nitrogens with one attached hydrogen (secondary N) is 1. The van der Waals surface area contributed by atoms with Crippen molar-refractivity contribution in [1.29, 1.82) is 0 Å². The lowest BCUT2D eigenvalue weighted by molar-refractivity contribution is -0.905. The largest absolute Gasteiger partial charge is 0.494 e. The van der Waals surface area contributed by atoms with E-state index in [1.165, 1.54) is 61.7 Å². The Labute approximate surface area is 130 Å². The van der Waals surface area contributed by atoms with Gasteiger partial charge in [-0.3, -0.25) is 0 Å². The number of rotatable bonds is 7. The zero-order valence-electron chi connectivity index (χ0n) is 11.7. The van der Waals surface area contributed by atoms with Crippen LogP contribution < -0.4 is 9.64 Å². The summed E-state index contributed by atoms with van der Waals surface area (Å²) in [5.74, 6) is 1.00. The normalized spacial score (nSPS) is 16.5. The summed E-state index contributed by atoms with van der Waals surface area (Å²) in [5, 5.41) is 0. The highest BCUT2D eigenvalue weighted by Gasteiger charge is 2.12. The Bertz CT molecular complexity index is 346. The first-order valence-corrected chi connectivity index (χ1v) is 8.64. The molecular formula is C16H25INO+. The molecule has 0 unspecified atom stereocenters. The molecule has 1 aromatic rings. The molecule has 0 radical (unpaired) electrons. The third-order valence-electron chi connectivity index (χ3n) is 3.82. The summed E-state index contributed by atoms with van der Waals surface area (Å²) < 4.78 is 7.00. The number of unbranched alkanes of at least 4 members (excludes halogenated alkanes) is 2. The number of hydrogen-bond acceptors (Lipinski definition) is 1. The SMILES string of the molecule is Ic1ccc(OCCCCC[NH+]2CCCCC2)cc1. The molecule has 3 heteroatoms. The van der Waals surface area contributed by atoms with Crippen molar-refractivity contribution in [1.82, 2.24) is 0 Å². The third-order valence-corrected chi connectivity index (χ3v) is 4.54. The summed E-state index contributed by atoms with van der Waals surface area (Å²) in [7, 11) is 0. The standard InChI is InChI=1S/C16H24INO/c17-15-7-9-16(10-8-15)19-14-6-2-5-13-18-11-3-1-4-12-18/h7-10H,1-6,11-14H2/p+1. The molecule has 2 nitrogen and oxygen atoms in total. The van der Waals surface area contributed by atoms with Crippen LogP contribution >= 0.6 is 22.6 Å². The average molecular weight is 374 g/mol. The van der Waals surface area contributed by atoms with Gasteiger partial charge >= 0.3 is 0 Å². The highest BCUT2D eigenvalue weighted by atomic mass is 127. The molecule has 106 valence electrons. The number of hydrogen-bond donors (Lipinski definition) is 1. The molecule has 0 spiro atoms. The summed E-state index contributed by atoms with van der Waals surface area (Å²) in [6.07, 6.45) is 8.16. The van der Waals surface area contributed by atoms with E-state index in [-0.39, 0.29) is 0 Å². The minimum absolute atomic E-state index is 0.857. The van der Waals surface area contributed by atoms with Gasteiger partial charge in [-0.2, -0.15) is 0 Å². The van der Waals surface area contributed by atoms with E-state index < -0.39 is 0 Å². The van der Waals surface area contributed by atoms with Gasteiger partial charge in [0.2, 0.25) is 0 Å². The van der Waals surface area contributed by atoms with Crippen LogP contribution in [0.15, 0.2) is 24.3 Å². The van der Waals surface area contributed by atoms with E-state index in [1.54, 1.807) is 0 Å². The van der Waals surface area contributed by atoms with Crippen LogP contribution in [0.1, 0.15) is 38.5 Å². The number of halogens is 1. The van der Waals surface area contributed by atoms with Crippen LogP contribution in [-0.2, 0) is 0 Å². The summed E-state index contributed by atoms with van der Waals surface area (Å²) in [4.78, 5) is 1.82. The molecule has 0 amide bonds. The quantitative estimate of drug-likeness (QED) is 0.573. The van der Waals surface area contributed by atoms with Crippen molar-refractivity contribution >= 4 is 22.6 Å². The lowest BCUT2D eigenvalue weighted by Crippen LogP contribution is -3.12. The highest BCUT2D eigenvalue weighted by molar-refractivity contribution is 14.1. The van der Waals surface area contributed by atoms with Crippen LogP contribution in [0.2, 0.25) is 0 Å². The van der Waals surface area contributed by atoms with E-state index in [0.717, 1.165) is 12.4 Å². The molecule has 1 N–H and O–H groups in total. The molecule has 1 fully saturated rings. The zero-order valence-corrected chi connectivity index (χ0v) is 13.8. The second-order valence-electron chi connectivity index (χ2n) is 5.42. The zero-order chi connectivity index (χ0) is 13.3. The molecule has 2 rings (SSSR count).